The lowest BCUT2D eigenvalue weighted by Gasteiger charge is -2.15. The minimum atomic E-state index is -0.392. The van der Waals surface area contributed by atoms with Crippen molar-refractivity contribution in [1.29, 1.82) is 0 Å². The Kier molecular flexibility index (Phi) is 3.57. The fourth-order valence-electron chi connectivity index (χ4n) is 2.98. The van der Waals surface area contributed by atoms with E-state index in [2.05, 4.69) is 10.3 Å². The molecule has 2 heterocycles. The molecule has 0 amide bonds. The Labute approximate surface area is 143 Å². The fraction of sp³-hybridized carbons (Fsp3) is 0.105. The van der Waals surface area contributed by atoms with E-state index in [-0.39, 0.29) is 11.7 Å². The van der Waals surface area contributed by atoms with Gasteiger partial charge in [-0.15, -0.1) is 0 Å². The first-order valence-corrected chi connectivity index (χ1v) is 7.89. The van der Waals surface area contributed by atoms with E-state index < -0.39 is 4.92 Å². The Morgan fingerprint density at radius 1 is 1.16 bits per heavy atom. The molecular weight excluding hydrogens is 318 g/mol. The maximum absolute atomic E-state index is 11.2. The monoisotopic (exact) mass is 333 g/mol. The van der Waals surface area contributed by atoms with E-state index in [1.54, 1.807) is 18.3 Å². The molecule has 6 nitrogen and oxygen atoms in total. The molecule has 0 unspecified atom stereocenters. The topological polar surface area (TPSA) is 81.2 Å². The van der Waals surface area contributed by atoms with Gasteiger partial charge < -0.3 is 9.73 Å². The van der Waals surface area contributed by atoms with Crippen LogP contribution in [0.25, 0.3) is 21.7 Å². The first-order valence-electron chi connectivity index (χ1n) is 7.89. The van der Waals surface area contributed by atoms with Gasteiger partial charge in [0.1, 0.15) is 11.3 Å². The van der Waals surface area contributed by atoms with E-state index in [0.29, 0.717) is 5.39 Å². The molecular formula is C19H15N3O3. The highest BCUT2D eigenvalue weighted by atomic mass is 16.6. The van der Waals surface area contributed by atoms with Crippen LogP contribution in [0.4, 0.5) is 11.4 Å². The van der Waals surface area contributed by atoms with E-state index in [0.717, 1.165) is 27.8 Å². The van der Waals surface area contributed by atoms with Crippen LogP contribution in [0, 0.1) is 10.1 Å². The van der Waals surface area contributed by atoms with Crippen molar-refractivity contribution in [3.05, 3.63) is 76.8 Å². The van der Waals surface area contributed by atoms with Crippen LogP contribution in [0.15, 0.2) is 65.3 Å². The number of nitro benzene ring substituents is 1. The highest BCUT2D eigenvalue weighted by Crippen LogP contribution is 2.33. The fourth-order valence-corrected chi connectivity index (χ4v) is 2.98. The van der Waals surface area contributed by atoms with Crippen molar-refractivity contribution in [1.82, 2.24) is 4.98 Å². The summed E-state index contributed by atoms with van der Waals surface area (Å²) in [4.78, 5) is 14.8. The van der Waals surface area contributed by atoms with Crippen molar-refractivity contribution < 1.29 is 9.34 Å². The van der Waals surface area contributed by atoms with Gasteiger partial charge >= 0.3 is 0 Å². The van der Waals surface area contributed by atoms with Crippen molar-refractivity contribution in [2.75, 3.05) is 5.32 Å². The summed E-state index contributed by atoms with van der Waals surface area (Å²) >= 11 is 0. The zero-order chi connectivity index (χ0) is 17.4. The van der Waals surface area contributed by atoms with Crippen LogP contribution in [-0.2, 0) is 0 Å². The van der Waals surface area contributed by atoms with Gasteiger partial charge in [0.05, 0.1) is 16.4 Å². The van der Waals surface area contributed by atoms with Crippen LogP contribution in [0.2, 0.25) is 0 Å². The number of benzene rings is 2. The normalized spacial score (nSPS) is 12.4. The van der Waals surface area contributed by atoms with Gasteiger partial charge in [0.2, 0.25) is 0 Å². The predicted octanol–water partition coefficient (Wildman–Crippen LogP) is 5.06. The average molecular weight is 333 g/mol. The Morgan fingerprint density at radius 2 is 2.00 bits per heavy atom. The second kappa shape index (κ2) is 5.90. The van der Waals surface area contributed by atoms with E-state index >= 15 is 0 Å². The van der Waals surface area contributed by atoms with Crippen molar-refractivity contribution in [2.45, 2.75) is 13.0 Å². The largest absolute Gasteiger partial charge is 0.459 e. The van der Waals surface area contributed by atoms with Gasteiger partial charge in [0.15, 0.2) is 0 Å². The molecule has 124 valence electrons. The summed E-state index contributed by atoms with van der Waals surface area (Å²) in [6, 6.07) is 14.7. The highest BCUT2D eigenvalue weighted by molar-refractivity contribution is 5.99. The summed E-state index contributed by atoms with van der Waals surface area (Å²) in [5, 5.41) is 16.9. The highest BCUT2D eigenvalue weighted by Gasteiger charge is 2.17. The number of hydrogen-bond acceptors (Lipinski definition) is 5. The Bertz CT molecular complexity index is 1050. The molecule has 4 aromatic rings. The van der Waals surface area contributed by atoms with Gasteiger partial charge in [-0.05, 0) is 31.2 Å². The van der Waals surface area contributed by atoms with Gasteiger partial charge in [-0.25, -0.2) is 0 Å². The van der Waals surface area contributed by atoms with Crippen molar-refractivity contribution in [3.8, 4) is 0 Å². The lowest BCUT2D eigenvalue weighted by Crippen LogP contribution is -2.06. The van der Waals surface area contributed by atoms with Gasteiger partial charge in [-0.2, -0.15) is 0 Å². The Morgan fingerprint density at radius 3 is 2.80 bits per heavy atom. The third kappa shape index (κ3) is 2.67. The summed E-state index contributed by atoms with van der Waals surface area (Å²) < 4.78 is 5.89. The molecule has 0 aliphatic rings. The molecule has 4 rings (SSSR count). The zero-order valence-corrected chi connectivity index (χ0v) is 13.5. The summed E-state index contributed by atoms with van der Waals surface area (Å²) in [7, 11) is 0. The maximum Gasteiger partial charge on any atom is 0.278 e. The van der Waals surface area contributed by atoms with Crippen LogP contribution in [0.3, 0.4) is 0 Å². The molecule has 0 saturated carbocycles. The number of nitro groups is 1. The molecule has 0 radical (unpaired) electrons. The molecule has 0 saturated heterocycles. The van der Waals surface area contributed by atoms with E-state index in [1.165, 1.54) is 12.3 Å². The molecule has 2 aromatic carbocycles. The standard InChI is InChI=1S/C19H15N3O3/c1-12(19-10-13-4-2-3-5-18(13)25-19)21-16-6-7-17(22(23)24)15-11-20-9-8-14(15)16/h2-12,21H,1H3/t12-/m1/s1. The van der Waals surface area contributed by atoms with Crippen LogP contribution in [0.5, 0.6) is 0 Å². The molecule has 0 aliphatic carbocycles. The number of fused-ring (bicyclic) bond motifs is 2. The first kappa shape index (κ1) is 15.1. The molecule has 0 fully saturated rings. The third-order valence-electron chi connectivity index (χ3n) is 4.24. The summed E-state index contributed by atoms with van der Waals surface area (Å²) in [6.07, 6.45) is 3.15. The van der Waals surface area contributed by atoms with Crippen LogP contribution < -0.4 is 5.32 Å². The number of non-ortho nitro benzene ring substituents is 1. The summed E-state index contributed by atoms with van der Waals surface area (Å²) in [6.45, 7) is 1.99. The van der Waals surface area contributed by atoms with Gasteiger partial charge in [0, 0.05) is 34.9 Å². The second-order valence-corrected chi connectivity index (χ2v) is 5.86. The SMILES string of the molecule is C[C@@H](Nc1ccc([N+](=O)[O-])c2cnccc12)c1cc2ccccc2o1. The quantitative estimate of drug-likeness (QED) is 0.417. The summed E-state index contributed by atoms with van der Waals surface area (Å²) in [5.74, 6) is 0.807. The Hall–Kier alpha value is -3.41. The molecule has 0 bridgehead atoms. The third-order valence-corrected chi connectivity index (χ3v) is 4.24. The van der Waals surface area contributed by atoms with E-state index in [4.69, 9.17) is 4.42 Å². The van der Waals surface area contributed by atoms with E-state index in [1.807, 2.05) is 37.3 Å². The molecule has 2 aromatic heterocycles. The molecule has 1 atom stereocenters. The molecule has 1 N–H and O–H groups in total. The van der Waals surface area contributed by atoms with E-state index in [9.17, 15) is 10.1 Å². The summed E-state index contributed by atoms with van der Waals surface area (Å²) in [5.41, 5.74) is 1.69. The van der Waals surface area contributed by atoms with Gasteiger partial charge in [-0.3, -0.25) is 15.1 Å². The van der Waals surface area contributed by atoms with Gasteiger partial charge in [-0.1, -0.05) is 18.2 Å². The number of furan rings is 1. The first-order chi connectivity index (χ1) is 12.1. The number of pyridine rings is 1. The maximum atomic E-state index is 11.2. The zero-order valence-electron chi connectivity index (χ0n) is 13.5. The minimum absolute atomic E-state index is 0.0463. The average Bonchev–Trinajstić information content (AvgIpc) is 3.06. The number of nitrogens with one attached hydrogen (secondary N) is 1. The Balaban J connectivity index is 1.73. The number of anilines is 1. The smallest absolute Gasteiger partial charge is 0.278 e. The van der Waals surface area contributed by atoms with Crippen LogP contribution in [0.1, 0.15) is 18.7 Å². The number of hydrogen-bond donors (Lipinski definition) is 1. The lowest BCUT2D eigenvalue weighted by atomic mass is 10.1. The van der Waals surface area contributed by atoms with Crippen molar-refractivity contribution in [2.24, 2.45) is 0 Å². The minimum Gasteiger partial charge on any atom is -0.459 e. The molecule has 6 heteroatoms. The number of nitrogens with zero attached hydrogens (tertiary/aromatic N) is 2. The van der Waals surface area contributed by atoms with Crippen molar-refractivity contribution >= 4 is 33.1 Å². The number of rotatable bonds is 4. The van der Waals surface area contributed by atoms with Crippen LogP contribution in [-0.4, -0.2) is 9.91 Å². The molecule has 25 heavy (non-hydrogen) atoms. The number of aromatic nitrogens is 1. The molecule has 0 aliphatic heterocycles. The van der Waals surface area contributed by atoms with Crippen molar-refractivity contribution in [3.63, 3.8) is 0 Å². The number of para-hydroxylation sites is 1. The second-order valence-electron chi connectivity index (χ2n) is 5.86. The predicted molar refractivity (Wildman–Crippen MR) is 96.6 cm³/mol. The van der Waals surface area contributed by atoms with Crippen LogP contribution >= 0.6 is 0 Å². The van der Waals surface area contributed by atoms with Gasteiger partial charge in [0.25, 0.3) is 5.69 Å². The lowest BCUT2D eigenvalue weighted by molar-refractivity contribution is -0.383. The molecule has 0 spiro atoms.